The van der Waals surface area contributed by atoms with E-state index in [4.69, 9.17) is 4.74 Å². The molecule has 4 nitrogen and oxygen atoms in total. The van der Waals surface area contributed by atoms with Crippen LogP contribution in [0.4, 0.5) is 0 Å². The van der Waals surface area contributed by atoms with Gasteiger partial charge in [-0.05, 0) is 44.7 Å². The number of hydrogen-bond donors (Lipinski definition) is 1. The fourth-order valence-electron chi connectivity index (χ4n) is 2.87. The Kier molecular flexibility index (Phi) is 7.52. The van der Waals surface area contributed by atoms with Gasteiger partial charge in [-0.15, -0.1) is 0 Å². The van der Waals surface area contributed by atoms with E-state index < -0.39 is 11.4 Å². The van der Waals surface area contributed by atoms with E-state index in [-0.39, 0.29) is 0 Å². The van der Waals surface area contributed by atoms with Crippen LogP contribution in [-0.2, 0) is 9.53 Å². The van der Waals surface area contributed by atoms with Crippen molar-refractivity contribution in [3.05, 3.63) is 0 Å². The summed E-state index contributed by atoms with van der Waals surface area (Å²) >= 11 is 0. The maximum Gasteiger partial charge on any atom is 0.309 e. The first-order valence-corrected chi connectivity index (χ1v) is 8.03. The SMILES string of the molecule is CCCC1(C(=O)O)CCN(CCOCCC(C)C)CC1. The summed E-state index contributed by atoms with van der Waals surface area (Å²) in [6.07, 6.45) is 4.43. The molecule has 0 aliphatic carbocycles. The Hall–Kier alpha value is -0.610. The Morgan fingerprint density at radius 2 is 1.95 bits per heavy atom. The van der Waals surface area contributed by atoms with E-state index in [1.807, 2.05) is 0 Å². The van der Waals surface area contributed by atoms with Crippen LogP contribution in [0, 0.1) is 11.3 Å². The van der Waals surface area contributed by atoms with Gasteiger partial charge in [0.15, 0.2) is 0 Å². The average Bonchev–Trinajstić information content (AvgIpc) is 2.40. The highest BCUT2D eigenvalue weighted by molar-refractivity contribution is 5.74. The number of nitrogens with zero attached hydrogens (tertiary/aromatic N) is 1. The van der Waals surface area contributed by atoms with E-state index >= 15 is 0 Å². The molecule has 1 fully saturated rings. The lowest BCUT2D eigenvalue weighted by Gasteiger charge is -2.38. The molecule has 0 aromatic carbocycles. The lowest BCUT2D eigenvalue weighted by molar-refractivity contribution is -0.152. The molecule has 0 bridgehead atoms. The van der Waals surface area contributed by atoms with Crippen LogP contribution in [0.2, 0.25) is 0 Å². The number of ether oxygens (including phenoxy) is 1. The van der Waals surface area contributed by atoms with Crippen molar-refractivity contribution in [2.24, 2.45) is 11.3 Å². The fourth-order valence-corrected chi connectivity index (χ4v) is 2.87. The predicted molar refractivity (Wildman–Crippen MR) is 80.9 cm³/mol. The molecule has 20 heavy (non-hydrogen) atoms. The minimum absolute atomic E-state index is 0.469. The van der Waals surface area contributed by atoms with Crippen LogP contribution >= 0.6 is 0 Å². The monoisotopic (exact) mass is 285 g/mol. The van der Waals surface area contributed by atoms with Gasteiger partial charge in [-0.2, -0.15) is 0 Å². The quantitative estimate of drug-likeness (QED) is 0.662. The molecule has 1 aliphatic rings. The van der Waals surface area contributed by atoms with Gasteiger partial charge >= 0.3 is 5.97 Å². The van der Waals surface area contributed by atoms with Crippen molar-refractivity contribution >= 4 is 5.97 Å². The minimum atomic E-state index is -0.604. The van der Waals surface area contributed by atoms with E-state index in [0.29, 0.717) is 5.92 Å². The molecule has 0 unspecified atom stereocenters. The summed E-state index contributed by atoms with van der Waals surface area (Å²) in [6.45, 7) is 10.8. The summed E-state index contributed by atoms with van der Waals surface area (Å²) in [5.74, 6) is 0.0856. The second kappa shape index (κ2) is 8.63. The van der Waals surface area contributed by atoms with Crippen LogP contribution in [-0.4, -0.2) is 48.8 Å². The summed E-state index contributed by atoms with van der Waals surface area (Å²) in [5, 5.41) is 9.46. The van der Waals surface area contributed by atoms with Gasteiger partial charge in [0.25, 0.3) is 0 Å². The maximum absolute atomic E-state index is 11.5. The first-order valence-electron chi connectivity index (χ1n) is 8.03. The van der Waals surface area contributed by atoms with Gasteiger partial charge in [0.2, 0.25) is 0 Å². The van der Waals surface area contributed by atoms with E-state index in [1.165, 1.54) is 0 Å². The van der Waals surface area contributed by atoms with E-state index in [9.17, 15) is 9.90 Å². The highest BCUT2D eigenvalue weighted by atomic mass is 16.5. The standard InChI is InChI=1S/C16H31NO3/c1-4-6-16(15(18)19)7-9-17(10-8-16)11-13-20-12-5-14(2)3/h14H,4-13H2,1-3H3,(H,18,19). The smallest absolute Gasteiger partial charge is 0.309 e. The van der Waals surface area contributed by atoms with Gasteiger partial charge < -0.3 is 14.7 Å². The normalized spacial score (nSPS) is 19.4. The first kappa shape index (κ1) is 17.4. The van der Waals surface area contributed by atoms with Crippen molar-refractivity contribution in [1.29, 1.82) is 0 Å². The number of likely N-dealkylation sites (tertiary alicyclic amines) is 1. The Bertz CT molecular complexity index is 283. The number of carboxylic acids is 1. The molecule has 118 valence electrons. The number of piperidine rings is 1. The van der Waals surface area contributed by atoms with Gasteiger partial charge in [-0.3, -0.25) is 4.79 Å². The molecule has 0 radical (unpaired) electrons. The lowest BCUT2D eigenvalue weighted by atomic mass is 9.75. The molecule has 1 heterocycles. The summed E-state index contributed by atoms with van der Waals surface area (Å²) in [6, 6.07) is 0. The van der Waals surface area contributed by atoms with E-state index in [0.717, 1.165) is 65.0 Å². The number of hydrogen-bond acceptors (Lipinski definition) is 3. The van der Waals surface area contributed by atoms with Gasteiger partial charge in [0.05, 0.1) is 12.0 Å². The largest absolute Gasteiger partial charge is 0.481 e. The maximum atomic E-state index is 11.5. The van der Waals surface area contributed by atoms with Crippen molar-refractivity contribution in [2.75, 3.05) is 32.8 Å². The fraction of sp³-hybridized carbons (Fsp3) is 0.938. The summed E-state index contributed by atoms with van der Waals surface area (Å²) in [5.41, 5.74) is -0.469. The van der Waals surface area contributed by atoms with Crippen LogP contribution in [0.5, 0.6) is 0 Å². The van der Waals surface area contributed by atoms with Gasteiger partial charge in [-0.1, -0.05) is 27.2 Å². The van der Waals surface area contributed by atoms with Crippen LogP contribution < -0.4 is 0 Å². The van der Waals surface area contributed by atoms with Gasteiger partial charge in [0, 0.05) is 13.2 Å². The van der Waals surface area contributed by atoms with Gasteiger partial charge in [-0.25, -0.2) is 0 Å². The molecule has 1 N–H and O–H groups in total. The summed E-state index contributed by atoms with van der Waals surface area (Å²) < 4.78 is 5.64. The Morgan fingerprint density at radius 1 is 1.30 bits per heavy atom. The second-order valence-corrected chi connectivity index (χ2v) is 6.47. The number of carbonyl (C=O) groups is 1. The van der Waals surface area contributed by atoms with Crippen LogP contribution in [0.3, 0.4) is 0 Å². The molecular weight excluding hydrogens is 254 g/mol. The molecule has 1 aliphatic heterocycles. The van der Waals surface area contributed by atoms with E-state index in [1.54, 1.807) is 0 Å². The molecule has 0 amide bonds. The third-order valence-corrected chi connectivity index (χ3v) is 4.39. The topological polar surface area (TPSA) is 49.8 Å². The zero-order chi connectivity index (χ0) is 15.0. The van der Waals surface area contributed by atoms with E-state index in [2.05, 4.69) is 25.7 Å². The summed E-state index contributed by atoms with van der Waals surface area (Å²) in [4.78, 5) is 13.8. The third-order valence-electron chi connectivity index (χ3n) is 4.39. The van der Waals surface area contributed by atoms with Crippen LogP contribution in [0.15, 0.2) is 0 Å². The van der Waals surface area contributed by atoms with Crippen LogP contribution in [0.1, 0.15) is 52.9 Å². The number of carboxylic acid groups (broad SMARTS) is 1. The third kappa shape index (κ3) is 5.41. The molecule has 0 aromatic heterocycles. The number of rotatable bonds is 9. The van der Waals surface area contributed by atoms with Crippen molar-refractivity contribution in [1.82, 2.24) is 4.90 Å². The van der Waals surface area contributed by atoms with Crippen molar-refractivity contribution in [2.45, 2.75) is 52.9 Å². The molecular formula is C16H31NO3. The van der Waals surface area contributed by atoms with Crippen molar-refractivity contribution in [3.63, 3.8) is 0 Å². The zero-order valence-electron chi connectivity index (χ0n) is 13.4. The summed E-state index contributed by atoms with van der Waals surface area (Å²) in [7, 11) is 0. The number of aliphatic carboxylic acids is 1. The highest BCUT2D eigenvalue weighted by Gasteiger charge is 2.40. The molecule has 0 spiro atoms. The predicted octanol–water partition coefficient (Wildman–Crippen LogP) is 3.02. The van der Waals surface area contributed by atoms with Crippen molar-refractivity contribution < 1.29 is 14.6 Å². The Labute approximate surface area is 123 Å². The molecule has 1 saturated heterocycles. The molecule has 4 heteroatoms. The van der Waals surface area contributed by atoms with Crippen molar-refractivity contribution in [3.8, 4) is 0 Å². The Morgan fingerprint density at radius 3 is 2.45 bits per heavy atom. The second-order valence-electron chi connectivity index (χ2n) is 6.47. The average molecular weight is 285 g/mol. The van der Waals surface area contributed by atoms with Gasteiger partial charge in [0.1, 0.15) is 0 Å². The zero-order valence-corrected chi connectivity index (χ0v) is 13.4. The Balaban J connectivity index is 2.22. The highest BCUT2D eigenvalue weighted by Crippen LogP contribution is 2.36. The molecule has 0 aromatic rings. The lowest BCUT2D eigenvalue weighted by Crippen LogP contribution is -2.45. The van der Waals surface area contributed by atoms with Crippen LogP contribution in [0.25, 0.3) is 0 Å². The molecule has 0 saturated carbocycles. The molecule has 1 rings (SSSR count). The first-order chi connectivity index (χ1) is 9.50. The molecule has 0 atom stereocenters. The minimum Gasteiger partial charge on any atom is -0.481 e.